The van der Waals surface area contributed by atoms with Crippen LogP contribution in [-0.4, -0.2) is 18.1 Å². The second kappa shape index (κ2) is 5.07. The Morgan fingerprint density at radius 2 is 2.12 bits per heavy atom. The lowest BCUT2D eigenvalue weighted by atomic mass is 9.93. The standard InChI is InChI=1S/C14H22N2S/c1-10-2-3-12-13(8-10)17-14(16-12)9-11-4-6-15-7-5-11/h10-11,15H,2-9H2,1H3. The topological polar surface area (TPSA) is 24.9 Å². The number of thiazole rings is 1. The Bertz CT molecular complexity index is 380. The van der Waals surface area contributed by atoms with E-state index in [1.165, 1.54) is 62.3 Å². The monoisotopic (exact) mass is 250 g/mol. The minimum atomic E-state index is 0.870. The second-order valence-corrected chi connectivity index (χ2v) is 6.89. The van der Waals surface area contributed by atoms with E-state index in [-0.39, 0.29) is 0 Å². The van der Waals surface area contributed by atoms with E-state index >= 15 is 0 Å². The molecule has 3 rings (SSSR count). The van der Waals surface area contributed by atoms with Crippen molar-refractivity contribution in [1.82, 2.24) is 10.3 Å². The van der Waals surface area contributed by atoms with Gasteiger partial charge in [0, 0.05) is 11.3 Å². The Hall–Kier alpha value is -0.410. The van der Waals surface area contributed by atoms with Crippen molar-refractivity contribution in [3.63, 3.8) is 0 Å². The van der Waals surface area contributed by atoms with Crippen LogP contribution in [0.15, 0.2) is 0 Å². The maximum absolute atomic E-state index is 4.88. The molecule has 1 fully saturated rings. The SMILES string of the molecule is CC1CCc2nc(CC3CCNCC3)sc2C1. The van der Waals surface area contributed by atoms with E-state index in [2.05, 4.69) is 12.2 Å². The third-order valence-corrected chi connectivity index (χ3v) is 5.29. The highest BCUT2D eigenvalue weighted by Gasteiger charge is 2.21. The molecule has 1 aliphatic heterocycles. The molecule has 94 valence electrons. The zero-order valence-corrected chi connectivity index (χ0v) is 11.5. The summed E-state index contributed by atoms with van der Waals surface area (Å²) in [6, 6.07) is 0. The van der Waals surface area contributed by atoms with Gasteiger partial charge in [0.05, 0.1) is 10.7 Å². The quantitative estimate of drug-likeness (QED) is 0.873. The summed E-state index contributed by atoms with van der Waals surface area (Å²) in [5, 5.41) is 4.85. The van der Waals surface area contributed by atoms with Gasteiger partial charge in [0.15, 0.2) is 0 Å². The summed E-state index contributed by atoms with van der Waals surface area (Å²) in [7, 11) is 0. The van der Waals surface area contributed by atoms with Crippen LogP contribution < -0.4 is 5.32 Å². The highest BCUT2D eigenvalue weighted by molar-refractivity contribution is 7.11. The smallest absolute Gasteiger partial charge is 0.0933 e. The molecule has 1 saturated heterocycles. The minimum Gasteiger partial charge on any atom is -0.317 e. The number of hydrogen-bond donors (Lipinski definition) is 1. The van der Waals surface area contributed by atoms with E-state index < -0.39 is 0 Å². The molecule has 2 aliphatic rings. The van der Waals surface area contributed by atoms with E-state index in [1.807, 2.05) is 11.3 Å². The van der Waals surface area contributed by atoms with E-state index in [1.54, 1.807) is 4.88 Å². The van der Waals surface area contributed by atoms with Crippen LogP contribution in [0.4, 0.5) is 0 Å². The number of nitrogens with zero attached hydrogens (tertiary/aromatic N) is 1. The van der Waals surface area contributed by atoms with Gasteiger partial charge in [-0.3, -0.25) is 0 Å². The molecular weight excluding hydrogens is 228 g/mol. The average Bonchev–Trinajstić information content (AvgIpc) is 2.71. The number of hydrogen-bond acceptors (Lipinski definition) is 3. The molecule has 1 aliphatic carbocycles. The van der Waals surface area contributed by atoms with Crippen molar-refractivity contribution < 1.29 is 0 Å². The van der Waals surface area contributed by atoms with Gasteiger partial charge in [-0.1, -0.05) is 6.92 Å². The van der Waals surface area contributed by atoms with E-state index in [9.17, 15) is 0 Å². The van der Waals surface area contributed by atoms with Crippen molar-refractivity contribution in [2.24, 2.45) is 11.8 Å². The van der Waals surface area contributed by atoms with E-state index in [4.69, 9.17) is 4.98 Å². The Kier molecular flexibility index (Phi) is 3.48. The molecular formula is C14H22N2S. The lowest BCUT2D eigenvalue weighted by molar-refractivity contribution is 0.372. The van der Waals surface area contributed by atoms with Gasteiger partial charge < -0.3 is 5.32 Å². The van der Waals surface area contributed by atoms with Crippen molar-refractivity contribution >= 4 is 11.3 Å². The molecule has 0 saturated carbocycles. The van der Waals surface area contributed by atoms with E-state index in [0.29, 0.717) is 0 Å². The number of nitrogens with one attached hydrogen (secondary N) is 1. The first-order chi connectivity index (χ1) is 8.31. The Morgan fingerprint density at radius 1 is 1.29 bits per heavy atom. The van der Waals surface area contributed by atoms with Crippen molar-refractivity contribution in [2.75, 3.05) is 13.1 Å². The highest BCUT2D eigenvalue weighted by atomic mass is 32.1. The molecule has 1 unspecified atom stereocenters. The Balaban J connectivity index is 1.67. The van der Waals surface area contributed by atoms with Crippen LogP contribution in [0.25, 0.3) is 0 Å². The summed E-state index contributed by atoms with van der Waals surface area (Å²) in [5.41, 5.74) is 1.43. The Morgan fingerprint density at radius 3 is 2.94 bits per heavy atom. The number of fused-ring (bicyclic) bond motifs is 1. The first-order valence-electron chi connectivity index (χ1n) is 6.99. The van der Waals surface area contributed by atoms with Crippen LogP contribution in [0.2, 0.25) is 0 Å². The number of aryl methyl sites for hydroxylation is 1. The zero-order chi connectivity index (χ0) is 11.7. The molecule has 1 aromatic rings. The van der Waals surface area contributed by atoms with Crippen molar-refractivity contribution in [2.45, 2.75) is 45.4 Å². The van der Waals surface area contributed by atoms with Gasteiger partial charge in [-0.25, -0.2) is 4.98 Å². The van der Waals surface area contributed by atoms with Gasteiger partial charge in [-0.2, -0.15) is 0 Å². The largest absolute Gasteiger partial charge is 0.317 e. The molecule has 1 atom stereocenters. The predicted molar refractivity (Wildman–Crippen MR) is 72.6 cm³/mol. The third kappa shape index (κ3) is 2.71. The summed E-state index contributed by atoms with van der Waals surface area (Å²) < 4.78 is 0. The number of piperidine rings is 1. The molecule has 2 nitrogen and oxygen atoms in total. The van der Waals surface area contributed by atoms with Gasteiger partial charge in [0.1, 0.15) is 0 Å². The molecule has 2 heterocycles. The van der Waals surface area contributed by atoms with E-state index in [0.717, 1.165) is 11.8 Å². The fourth-order valence-corrected chi connectivity index (χ4v) is 4.41. The second-order valence-electron chi connectivity index (χ2n) is 5.72. The van der Waals surface area contributed by atoms with Crippen molar-refractivity contribution in [1.29, 1.82) is 0 Å². The van der Waals surface area contributed by atoms with Gasteiger partial charge in [-0.05, 0) is 57.0 Å². The van der Waals surface area contributed by atoms with Crippen LogP contribution >= 0.6 is 11.3 Å². The van der Waals surface area contributed by atoms with Gasteiger partial charge in [0.25, 0.3) is 0 Å². The van der Waals surface area contributed by atoms with Gasteiger partial charge in [-0.15, -0.1) is 11.3 Å². The van der Waals surface area contributed by atoms with Crippen molar-refractivity contribution in [3.8, 4) is 0 Å². The third-order valence-electron chi connectivity index (χ3n) is 4.15. The molecule has 0 aromatic carbocycles. The maximum Gasteiger partial charge on any atom is 0.0933 e. The number of aromatic nitrogens is 1. The lowest BCUT2D eigenvalue weighted by Crippen LogP contribution is -2.28. The van der Waals surface area contributed by atoms with Gasteiger partial charge in [0.2, 0.25) is 0 Å². The highest BCUT2D eigenvalue weighted by Crippen LogP contribution is 2.31. The first kappa shape index (κ1) is 11.7. The normalized spacial score (nSPS) is 25.8. The van der Waals surface area contributed by atoms with Crippen LogP contribution in [0.1, 0.15) is 41.8 Å². The zero-order valence-electron chi connectivity index (χ0n) is 10.7. The molecule has 0 amide bonds. The molecule has 1 N–H and O–H groups in total. The van der Waals surface area contributed by atoms with Gasteiger partial charge >= 0.3 is 0 Å². The molecule has 3 heteroatoms. The van der Waals surface area contributed by atoms with Crippen LogP contribution in [0.3, 0.4) is 0 Å². The molecule has 17 heavy (non-hydrogen) atoms. The van der Waals surface area contributed by atoms with Crippen LogP contribution in [0, 0.1) is 11.8 Å². The summed E-state index contributed by atoms with van der Waals surface area (Å²) in [6.07, 6.45) is 7.73. The summed E-state index contributed by atoms with van der Waals surface area (Å²) >= 11 is 2.00. The molecule has 0 bridgehead atoms. The average molecular weight is 250 g/mol. The minimum absolute atomic E-state index is 0.870. The Labute approximate surface area is 108 Å². The summed E-state index contributed by atoms with van der Waals surface area (Å²) in [4.78, 5) is 6.47. The summed E-state index contributed by atoms with van der Waals surface area (Å²) in [5.74, 6) is 1.75. The fourth-order valence-electron chi connectivity index (χ4n) is 3.01. The van der Waals surface area contributed by atoms with Crippen LogP contribution in [-0.2, 0) is 19.3 Å². The molecule has 1 aromatic heterocycles. The fraction of sp³-hybridized carbons (Fsp3) is 0.786. The molecule has 0 radical (unpaired) electrons. The summed E-state index contributed by atoms with van der Waals surface area (Å²) in [6.45, 7) is 4.77. The lowest BCUT2D eigenvalue weighted by Gasteiger charge is -2.21. The van der Waals surface area contributed by atoms with Crippen LogP contribution in [0.5, 0.6) is 0 Å². The molecule has 0 spiro atoms. The first-order valence-corrected chi connectivity index (χ1v) is 7.81. The van der Waals surface area contributed by atoms with Crippen molar-refractivity contribution in [3.05, 3.63) is 15.6 Å². The number of rotatable bonds is 2. The maximum atomic E-state index is 4.88. The predicted octanol–water partition coefficient (Wildman–Crippen LogP) is 2.81.